The molecule has 2 aromatic heterocycles. The summed E-state index contributed by atoms with van der Waals surface area (Å²) in [7, 11) is 1.16. The summed E-state index contributed by atoms with van der Waals surface area (Å²) in [6.45, 7) is 0. The second-order valence-corrected chi connectivity index (χ2v) is 8.34. The average molecular weight is 522 g/mol. The maximum absolute atomic E-state index is 13.6. The standard InChI is InChI=1S/C21H14F3N5O4S2/c1-33-29-17(19(31)32)15-9-35-20(27-15)28-16(30)10-34-18-12(8-25)13(21(22,23)24)7-14(26-18)11-5-3-2-4-6-11/h2-7,9H,10H2,1H3,(H,31,32)(H,27,28,30)/b29-17+. The van der Waals surface area contributed by atoms with Crippen LogP contribution in [0.15, 0.2) is 52.0 Å². The van der Waals surface area contributed by atoms with Crippen molar-refractivity contribution in [3.8, 4) is 17.3 Å². The van der Waals surface area contributed by atoms with Gasteiger partial charge in [0, 0.05) is 10.9 Å². The third-order valence-electron chi connectivity index (χ3n) is 4.19. The summed E-state index contributed by atoms with van der Waals surface area (Å²) in [5.74, 6) is -2.43. The monoisotopic (exact) mass is 521 g/mol. The fraction of sp³-hybridized carbons (Fsp3) is 0.143. The number of aromatic nitrogens is 2. The van der Waals surface area contributed by atoms with E-state index in [0.717, 1.165) is 24.5 Å². The molecular formula is C21H14F3N5O4S2. The van der Waals surface area contributed by atoms with Gasteiger partial charge in [-0.05, 0) is 6.07 Å². The van der Waals surface area contributed by atoms with E-state index >= 15 is 0 Å². The fourth-order valence-electron chi connectivity index (χ4n) is 2.73. The topological polar surface area (TPSA) is 138 Å². The van der Waals surface area contributed by atoms with Crippen molar-refractivity contribution in [2.24, 2.45) is 5.16 Å². The first-order valence-corrected chi connectivity index (χ1v) is 11.3. The smallest absolute Gasteiger partial charge is 0.417 e. The highest BCUT2D eigenvalue weighted by Crippen LogP contribution is 2.38. The Hall–Kier alpha value is -3.96. The van der Waals surface area contributed by atoms with Crippen molar-refractivity contribution in [2.45, 2.75) is 11.2 Å². The first-order chi connectivity index (χ1) is 16.6. The second-order valence-electron chi connectivity index (χ2n) is 6.51. The van der Waals surface area contributed by atoms with Crippen LogP contribution >= 0.6 is 23.1 Å². The molecule has 0 aliphatic rings. The highest BCUT2D eigenvalue weighted by atomic mass is 32.2. The first-order valence-electron chi connectivity index (χ1n) is 9.44. The molecule has 35 heavy (non-hydrogen) atoms. The van der Waals surface area contributed by atoms with Crippen LogP contribution in [0.4, 0.5) is 18.3 Å². The Morgan fingerprint density at radius 1 is 1.29 bits per heavy atom. The summed E-state index contributed by atoms with van der Waals surface area (Å²) >= 11 is 1.57. The SMILES string of the molecule is CO/N=C(/C(=O)O)c1csc(NC(=O)CSc2nc(-c3ccccc3)cc(C(F)(F)F)c2C#N)n1. The number of carbonyl (C=O) groups is 2. The van der Waals surface area contributed by atoms with Gasteiger partial charge < -0.3 is 15.3 Å². The molecule has 0 saturated carbocycles. The van der Waals surface area contributed by atoms with Gasteiger partial charge in [-0.25, -0.2) is 14.8 Å². The minimum absolute atomic E-state index is 0.00280. The quantitative estimate of drug-likeness (QED) is 0.255. The fourth-order valence-corrected chi connectivity index (χ4v) is 4.24. The van der Waals surface area contributed by atoms with Crippen molar-refractivity contribution < 1.29 is 32.7 Å². The molecule has 0 fully saturated rings. The minimum Gasteiger partial charge on any atom is -0.476 e. The molecular weight excluding hydrogens is 507 g/mol. The van der Waals surface area contributed by atoms with Gasteiger partial charge in [0.25, 0.3) is 0 Å². The van der Waals surface area contributed by atoms with Gasteiger partial charge >= 0.3 is 12.1 Å². The number of oxime groups is 1. The van der Waals surface area contributed by atoms with Gasteiger partial charge in [0.1, 0.15) is 23.9 Å². The Morgan fingerprint density at radius 3 is 2.60 bits per heavy atom. The number of nitrogens with one attached hydrogen (secondary N) is 1. The van der Waals surface area contributed by atoms with Gasteiger partial charge in [0.15, 0.2) is 5.13 Å². The van der Waals surface area contributed by atoms with E-state index in [0.29, 0.717) is 17.3 Å². The lowest BCUT2D eigenvalue weighted by atomic mass is 10.1. The zero-order valence-corrected chi connectivity index (χ0v) is 19.3. The maximum Gasteiger partial charge on any atom is 0.417 e. The van der Waals surface area contributed by atoms with E-state index in [4.69, 9.17) is 5.11 Å². The normalized spacial score (nSPS) is 11.6. The van der Waals surface area contributed by atoms with E-state index in [2.05, 4.69) is 25.3 Å². The Kier molecular flexibility index (Phi) is 8.05. The molecule has 0 atom stereocenters. The summed E-state index contributed by atoms with van der Waals surface area (Å²) in [5, 5.41) is 25.4. The van der Waals surface area contributed by atoms with Crippen LogP contribution < -0.4 is 5.32 Å². The summed E-state index contributed by atoms with van der Waals surface area (Å²) in [6.07, 6.45) is -4.81. The van der Waals surface area contributed by atoms with Crippen molar-refractivity contribution in [2.75, 3.05) is 18.2 Å². The van der Waals surface area contributed by atoms with Gasteiger partial charge in [0.2, 0.25) is 11.6 Å². The van der Waals surface area contributed by atoms with E-state index < -0.39 is 34.9 Å². The van der Waals surface area contributed by atoms with Crippen LogP contribution in [0.3, 0.4) is 0 Å². The van der Waals surface area contributed by atoms with Crippen LogP contribution in [-0.4, -0.2) is 45.5 Å². The lowest BCUT2D eigenvalue weighted by molar-refractivity contribution is -0.138. The number of thioether (sulfide) groups is 1. The largest absolute Gasteiger partial charge is 0.476 e. The van der Waals surface area contributed by atoms with Crippen LogP contribution in [0.2, 0.25) is 0 Å². The number of halogens is 3. The van der Waals surface area contributed by atoms with Crippen molar-refractivity contribution in [3.63, 3.8) is 0 Å². The molecule has 0 bridgehead atoms. The minimum atomic E-state index is -4.81. The number of alkyl halides is 3. The van der Waals surface area contributed by atoms with E-state index in [9.17, 15) is 28.0 Å². The predicted molar refractivity (Wildman–Crippen MR) is 122 cm³/mol. The van der Waals surface area contributed by atoms with Crippen LogP contribution in [0.1, 0.15) is 16.8 Å². The number of anilines is 1. The van der Waals surface area contributed by atoms with Crippen molar-refractivity contribution in [3.05, 3.63) is 58.6 Å². The van der Waals surface area contributed by atoms with Crippen LogP contribution in [-0.2, 0) is 20.6 Å². The number of benzene rings is 1. The van der Waals surface area contributed by atoms with Crippen LogP contribution in [0, 0.1) is 11.3 Å². The molecule has 0 radical (unpaired) electrons. The highest BCUT2D eigenvalue weighted by molar-refractivity contribution is 8.00. The summed E-state index contributed by atoms with van der Waals surface area (Å²) in [4.78, 5) is 36.2. The number of hydrogen-bond donors (Lipinski definition) is 2. The van der Waals surface area contributed by atoms with Crippen molar-refractivity contribution >= 4 is 45.8 Å². The summed E-state index contributed by atoms with van der Waals surface area (Å²) < 4.78 is 40.9. The number of carboxylic acid groups (broad SMARTS) is 1. The number of nitriles is 1. The molecule has 3 aromatic rings. The number of nitrogens with zero attached hydrogens (tertiary/aromatic N) is 4. The zero-order valence-electron chi connectivity index (χ0n) is 17.7. The van der Waals surface area contributed by atoms with Crippen LogP contribution in [0.5, 0.6) is 0 Å². The number of rotatable bonds is 8. The predicted octanol–water partition coefficient (Wildman–Crippen LogP) is 4.26. The maximum atomic E-state index is 13.6. The van der Waals surface area contributed by atoms with E-state index in [1.165, 1.54) is 11.4 Å². The van der Waals surface area contributed by atoms with Crippen LogP contribution in [0.25, 0.3) is 11.3 Å². The Bertz CT molecular complexity index is 1320. The molecule has 0 unspecified atom stereocenters. The molecule has 180 valence electrons. The third-order valence-corrected chi connectivity index (χ3v) is 5.92. The molecule has 1 amide bonds. The number of hydrogen-bond acceptors (Lipinski definition) is 9. The van der Waals surface area contributed by atoms with Gasteiger partial charge in [-0.1, -0.05) is 47.2 Å². The molecule has 0 aliphatic heterocycles. The lowest BCUT2D eigenvalue weighted by Crippen LogP contribution is -2.17. The number of thiazole rings is 1. The van der Waals surface area contributed by atoms with Crippen molar-refractivity contribution in [1.82, 2.24) is 9.97 Å². The van der Waals surface area contributed by atoms with E-state index in [-0.39, 0.29) is 27.3 Å². The number of carbonyl (C=O) groups excluding carboxylic acids is 1. The summed E-state index contributed by atoms with van der Waals surface area (Å²) in [6, 6.07) is 10.5. The number of pyridine rings is 1. The molecule has 1 aromatic carbocycles. The molecule has 2 N–H and O–H groups in total. The van der Waals surface area contributed by atoms with Gasteiger partial charge in [-0.15, -0.1) is 11.3 Å². The molecule has 0 saturated heterocycles. The molecule has 0 aliphatic carbocycles. The second kappa shape index (κ2) is 11.0. The Morgan fingerprint density at radius 2 is 2.00 bits per heavy atom. The molecule has 3 rings (SSSR count). The molecule has 0 spiro atoms. The molecule has 14 heteroatoms. The molecule has 9 nitrogen and oxygen atoms in total. The van der Waals surface area contributed by atoms with Gasteiger partial charge in [-0.2, -0.15) is 18.4 Å². The first kappa shape index (κ1) is 25.7. The van der Waals surface area contributed by atoms with E-state index in [1.807, 2.05) is 0 Å². The Balaban J connectivity index is 1.83. The zero-order chi connectivity index (χ0) is 25.6. The lowest BCUT2D eigenvalue weighted by Gasteiger charge is -2.14. The van der Waals surface area contributed by atoms with Crippen molar-refractivity contribution in [1.29, 1.82) is 5.26 Å². The highest BCUT2D eigenvalue weighted by Gasteiger charge is 2.36. The summed E-state index contributed by atoms with van der Waals surface area (Å²) in [5.41, 5.74) is -1.95. The number of aliphatic carboxylic acids is 1. The number of carboxylic acids is 1. The van der Waals surface area contributed by atoms with E-state index in [1.54, 1.807) is 30.3 Å². The number of amides is 1. The van der Waals surface area contributed by atoms with Gasteiger partial charge in [0.05, 0.1) is 22.6 Å². The van der Waals surface area contributed by atoms with Gasteiger partial charge in [-0.3, -0.25) is 4.79 Å². The third kappa shape index (κ3) is 6.34. The average Bonchev–Trinajstić information content (AvgIpc) is 3.28. The Labute approximate surface area is 204 Å². The molecule has 2 heterocycles.